The minimum Gasteiger partial charge on any atom is -0.506 e. The lowest BCUT2D eigenvalue weighted by Crippen LogP contribution is -2.47. The summed E-state index contributed by atoms with van der Waals surface area (Å²) in [6.45, 7) is 2.95. The Morgan fingerprint density at radius 2 is 2.15 bits per heavy atom. The molecule has 2 rings (SSSR count). The van der Waals surface area contributed by atoms with Gasteiger partial charge in [0.15, 0.2) is 0 Å². The lowest BCUT2D eigenvalue weighted by molar-refractivity contribution is 0.178. The zero-order valence-electron chi connectivity index (χ0n) is 11.7. The van der Waals surface area contributed by atoms with Crippen molar-refractivity contribution in [2.45, 2.75) is 36.7 Å². The van der Waals surface area contributed by atoms with E-state index in [0.29, 0.717) is 6.04 Å². The van der Waals surface area contributed by atoms with E-state index in [1.54, 1.807) is 0 Å². The van der Waals surface area contributed by atoms with Gasteiger partial charge in [0.25, 0.3) is 0 Å². The summed E-state index contributed by atoms with van der Waals surface area (Å²) in [5.74, 6) is -0.114. The molecule has 4 N–H and O–H groups in total. The van der Waals surface area contributed by atoms with Crippen LogP contribution in [0.2, 0.25) is 0 Å². The number of phenolic OH excluding ortho intramolecular Hbond substituents is 1. The molecule has 2 atom stereocenters. The molecule has 112 valence electrons. The van der Waals surface area contributed by atoms with Crippen LogP contribution >= 0.6 is 0 Å². The normalized spacial score (nSPS) is 24.7. The summed E-state index contributed by atoms with van der Waals surface area (Å²) in [6, 6.07) is 4.20. The fourth-order valence-corrected chi connectivity index (χ4v) is 3.70. The number of benzene rings is 1. The number of piperidine rings is 1. The van der Waals surface area contributed by atoms with Crippen molar-refractivity contribution in [2.24, 2.45) is 0 Å². The van der Waals surface area contributed by atoms with Gasteiger partial charge in [0, 0.05) is 12.1 Å². The van der Waals surface area contributed by atoms with Gasteiger partial charge in [-0.25, -0.2) is 13.1 Å². The summed E-state index contributed by atoms with van der Waals surface area (Å²) in [4.78, 5) is 2.29. The Morgan fingerprint density at radius 3 is 2.75 bits per heavy atom. The van der Waals surface area contributed by atoms with Gasteiger partial charge in [-0.15, -0.1) is 0 Å². The molecule has 1 aromatic carbocycles. The number of aromatic hydroxyl groups is 1. The molecule has 0 aromatic heterocycles. The standard InChI is InChI=1S/C13H21N3O3S/c1-9-7-10(5-6-16(9)2)15-20(18,19)11-3-4-13(17)12(14)8-11/h3-4,8-10,15,17H,5-7,14H2,1-2H3. The molecular formula is C13H21N3O3S. The number of nitrogens with two attached hydrogens (primary N) is 1. The molecule has 20 heavy (non-hydrogen) atoms. The lowest BCUT2D eigenvalue weighted by atomic mass is 10.0. The van der Waals surface area contributed by atoms with Crippen LogP contribution in [-0.4, -0.2) is 44.1 Å². The Hall–Kier alpha value is -1.31. The van der Waals surface area contributed by atoms with Crippen molar-refractivity contribution in [3.63, 3.8) is 0 Å². The summed E-state index contributed by atoms with van der Waals surface area (Å²) < 4.78 is 27.3. The number of likely N-dealkylation sites (tertiary alicyclic amines) is 1. The Bertz CT molecular complexity index is 589. The van der Waals surface area contributed by atoms with Gasteiger partial charge in [-0.1, -0.05) is 0 Å². The van der Waals surface area contributed by atoms with Crippen LogP contribution < -0.4 is 10.5 Å². The molecule has 1 fully saturated rings. The summed E-state index contributed by atoms with van der Waals surface area (Å²) in [7, 11) is -1.56. The SMILES string of the molecule is CC1CC(NS(=O)(=O)c2ccc(O)c(N)c2)CCN1C. The summed E-state index contributed by atoms with van der Waals surface area (Å²) in [6.07, 6.45) is 1.57. The quantitative estimate of drug-likeness (QED) is 0.565. The molecule has 1 saturated heterocycles. The van der Waals surface area contributed by atoms with Gasteiger partial charge >= 0.3 is 0 Å². The van der Waals surface area contributed by atoms with Crippen LogP contribution in [0, 0.1) is 0 Å². The molecule has 0 amide bonds. The minimum atomic E-state index is -3.60. The van der Waals surface area contributed by atoms with Crippen LogP contribution in [0.1, 0.15) is 19.8 Å². The van der Waals surface area contributed by atoms with E-state index in [1.807, 2.05) is 7.05 Å². The van der Waals surface area contributed by atoms with Crippen LogP contribution in [0.4, 0.5) is 5.69 Å². The van der Waals surface area contributed by atoms with Crippen molar-refractivity contribution in [3.8, 4) is 5.75 Å². The zero-order valence-corrected chi connectivity index (χ0v) is 12.5. The minimum absolute atomic E-state index is 0.0598. The Balaban J connectivity index is 2.13. The molecule has 1 aliphatic heterocycles. The molecule has 0 saturated carbocycles. The molecule has 0 aliphatic carbocycles. The molecule has 0 radical (unpaired) electrons. The number of hydrogen-bond acceptors (Lipinski definition) is 5. The van der Waals surface area contributed by atoms with Gasteiger partial charge in [0.2, 0.25) is 10.0 Å². The summed E-state index contributed by atoms with van der Waals surface area (Å²) in [5.41, 5.74) is 5.60. The van der Waals surface area contributed by atoms with Gasteiger partial charge in [0.1, 0.15) is 5.75 Å². The largest absolute Gasteiger partial charge is 0.506 e. The van der Waals surface area contributed by atoms with Crippen molar-refractivity contribution in [2.75, 3.05) is 19.3 Å². The molecule has 1 heterocycles. The van der Waals surface area contributed by atoms with E-state index >= 15 is 0 Å². The molecule has 0 spiro atoms. The van der Waals surface area contributed by atoms with E-state index in [2.05, 4.69) is 16.5 Å². The van der Waals surface area contributed by atoms with E-state index in [1.165, 1.54) is 18.2 Å². The Morgan fingerprint density at radius 1 is 1.45 bits per heavy atom. The first kappa shape index (κ1) is 15.1. The van der Waals surface area contributed by atoms with Crippen LogP contribution in [0.25, 0.3) is 0 Å². The highest BCUT2D eigenvalue weighted by molar-refractivity contribution is 7.89. The van der Waals surface area contributed by atoms with Gasteiger partial charge in [-0.2, -0.15) is 0 Å². The van der Waals surface area contributed by atoms with E-state index in [4.69, 9.17) is 5.73 Å². The third kappa shape index (κ3) is 3.23. The zero-order chi connectivity index (χ0) is 14.9. The van der Waals surface area contributed by atoms with Crippen LogP contribution in [0.3, 0.4) is 0 Å². The maximum atomic E-state index is 12.3. The maximum Gasteiger partial charge on any atom is 0.240 e. The number of nitrogens with one attached hydrogen (secondary N) is 1. The van der Waals surface area contributed by atoms with Crippen molar-refractivity contribution < 1.29 is 13.5 Å². The molecular weight excluding hydrogens is 278 g/mol. The first-order chi connectivity index (χ1) is 9.29. The average molecular weight is 299 g/mol. The summed E-state index contributed by atoms with van der Waals surface area (Å²) in [5, 5.41) is 9.35. The molecule has 1 aliphatic rings. The highest BCUT2D eigenvalue weighted by atomic mass is 32.2. The number of phenols is 1. The maximum absolute atomic E-state index is 12.3. The monoisotopic (exact) mass is 299 g/mol. The van der Waals surface area contributed by atoms with E-state index in [-0.39, 0.29) is 22.4 Å². The van der Waals surface area contributed by atoms with Gasteiger partial charge in [-0.05, 0) is 51.6 Å². The second-order valence-electron chi connectivity index (χ2n) is 5.39. The van der Waals surface area contributed by atoms with Crippen LogP contribution in [0.5, 0.6) is 5.75 Å². The second-order valence-corrected chi connectivity index (χ2v) is 7.11. The van der Waals surface area contributed by atoms with Crippen molar-refractivity contribution in [1.82, 2.24) is 9.62 Å². The third-order valence-electron chi connectivity index (χ3n) is 3.84. The smallest absolute Gasteiger partial charge is 0.240 e. The van der Waals surface area contributed by atoms with Gasteiger partial charge in [-0.3, -0.25) is 0 Å². The first-order valence-corrected chi connectivity index (χ1v) is 8.09. The third-order valence-corrected chi connectivity index (χ3v) is 5.36. The van der Waals surface area contributed by atoms with Crippen molar-refractivity contribution in [1.29, 1.82) is 0 Å². The molecule has 1 aromatic rings. The fraction of sp³-hybridized carbons (Fsp3) is 0.538. The fourth-order valence-electron chi connectivity index (χ4n) is 2.38. The van der Waals surface area contributed by atoms with Gasteiger partial charge < -0.3 is 15.7 Å². The molecule has 6 nitrogen and oxygen atoms in total. The Kier molecular flexibility index (Phi) is 4.22. The predicted molar refractivity (Wildman–Crippen MR) is 78.0 cm³/mol. The topological polar surface area (TPSA) is 95.7 Å². The molecule has 7 heteroatoms. The van der Waals surface area contributed by atoms with Gasteiger partial charge in [0.05, 0.1) is 10.6 Å². The van der Waals surface area contributed by atoms with E-state index in [9.17, 15) is 13.5 Å². The number of anilines is 1. The average Bonchev–Trinajstić information content (AvgIpc) is 2.37. The number of nitrogen functional groups attached to an aromatic ring is 1. The number of rotatable bonds is 3. The Labute approximate surface area is 119 Å². The molecule has 0 bridgehead atoms. The van der Waals surface area contributed by atoms with E-state index in [0.717, 1.165) is 19.4 Å². The van der Waals surface area contributed by atoms with Crippen LogP contribution in [-0.2, 0) is 10.0 Å². The lowest BCUT2D eigenvalue weighted by Gasteiger charge is -2.35. The summed E-state index contributed by atoms with van der Waals surface area (Å²) >= 11 is 0. The number of sulfonamides is 1. The molecule has 2 unspecified atom stereocenters. The number of nitrogens with zero attached hydrogens (tertiary/aromatic N) is 1. The highest BCUT2D eigenvalue weighted by Crippen LogP contribution is 2.24. The number of hydrogen-bond donors (Lipinski definition) is 3. The van der Waals surface area contributed by atoms with Crippen molar-refractivity contribution >= 4 is 15.7 Å². The highest BCUT2D eigenvalue weighted by Gasteiger charge is 2.27. The second kappa shape index (κ2) is 5.59. The predicted octanol–water partition coefficient (Wildman–Crippen LogP) is 0.735. The van der Waals surface area contributed by atoms with Crippen molar-refractivity contribution in [3.05, 3.63) is 18.2 Å². The van der Waals surface area contributed by atoms with Crippen LogP contribution in [0.15, 0.2) is 23.1 Å². The van der Waals surface area contributed by atoms with E-state index < -0.39 is 10.0 Å². The first-order valence-electron chi connectivity index (χ1n) is 6.60.